The second-order valence-corrected chi connectivity index (χ2v) is 9.67. The molecule has 3 aliphatic rings. The van der Waals surface area contributed by atoms with Crippen LogP contribution in [-0.4, -0.2) is 67.5 Å². The Morgan fingerprint density at radius 2 is 1.96 bits per heavy atom. The number of hydrogen-bond donors (Lipinski definition) is 2. The molecule has 0 bridgehead atoms. The topological polar surface area (TPSA) is 75.2 Å². The lowest BCUT2D eigenvalue weighted by molar-refractivity contribution is -0.106. The van der Waals surface area contributed by atoms with E-state index in [0.29, 0.717) is 24.6 Å². The number of rotatable bonds is 2. The Bertz CT molecular complexity index is 590. The lowest BCUT2D eigenvalue weighted by atomic mass is 9.57. The van der Waals surface area contributed by atoms with Gasteiger partial charge in [-0.2, -0.15) is 0 Å². The Morgan fingerprint density at radius 1 is 1.25 bits per heavy atom. The molecule has 0 aromatic carbocycles. The lowest BCUT2D eigenvalue weighted by Gasteiger charge is -2.55. The van der Waals surface area contributed by atoms with Crippen LogP contribution in [0.25, 0.3) is 0 Å². The minimum Gasteiger partial charge on any atom is -0.444 e. The molecule has 162 valence electrons. The number of hydrogen-bond acceptors (Lipinski definition) is 4. The Morgan fingerprint density at radius 3 is 2.61 bits per heavy atom. The first-order valence-corrected chi connectivity index (χ1v) is 10.2. The van der Waals surface area contributed by atoms with Gasteiger partial charge in [-0.05, 0) is 40.0 Å². The van der Waals surface area contributed by atoms with Gasteiger partial charge in [0.1, 0.15) is 5.60 Å². The van der Waals surface area contributed by atoms with Gasteiger partial charge in [-0.15, -0.1) is 24.0 Å². The average Bonchev–Trinajstić information content (AvgIpc) is 3.04. The quantitative estimate of drug-likeness (QED) is 0.341. The highest BCUT2D eigenvalue weighted by molar-refractivity contribution is 14.0. The summed E-state index contributed by atoms with van der Waals surface area (Å²) >= 11 is 0. The van der Waals surface area contributed by atoms with Gasteiger partial charge in [-0.3, -0.25) is 4.99 Å². The summed E-state index contributed by atoms with van der Waals surface area (Å²) in [6.07, 6.45) is 3.21. The summed E-state index contributed by atoms with van der Waals surface area (Å²) in [7, 11) is 1.80. The molecule has 3 rings (SSSR count). The molecule has 2 aliphatic heterocycles. The van der Waals surface area contributed by atoms with Crippen LogP contribution < -0.4 is 10.6 Å². The van der Waals surface area contributed by atoms with Crippen molar-refractivity contribution in [1.29, 1.82) is 0 Å². The van der Waals surface area contributed by atoms with E-state index in [1.807, 2.05) is 20.8 Å². The number of likely N-dealkylation sites (tertiary alicyclic amines) is 1. The van der Waals surface area contributed by atoms with E-state index in [0.717, 1.165) is 38.4 Å². The predicted octanol–water partition coefficient (Wildman–Crippen LogP) is 2.98. The Kier molecular flexibility index (Phi) is 7.50. The minimum atomic E-state index is -0.468. The molecule has 1 aliphatic carbocycles. The van der Waals surface area contributed by atoms with Gasteiger partial charge in [-0.1, -0.05) is 13.8 Å². The van der Waals surface area contributed by atoms with Crippen LogP contribution in [-0.2, 0) is 9.47 Å². The number of halogens is 1. The van der Waals surface area contributed by atoms with Crippen molar-refractivity contribution in [3.63, 3.8) is 0 Å². The Hall–Kier alpha value is -0.770. The van der Waals surface area contributed by atoms with Crippen LogP contribution in [0.1, 0.15) is 53.9 Å². The van der Waals surface area contributed by atoms with Crippen molar-refractivity contribution in [2.45, 2.75) is 77.7 Å². The first-order valence-electron chi connectivity index (χ1n) is 10.2. The Labute approximate surface area is 186 Å². The van der Waals surface area contributed by atoms with Crippen molar-refractivity contribution >= 4 is 36.0 Å². The van der Waals surface area contributed by atoms with Gasteiger partial charge in [0.2, 0.25) is 0 Å². The third kappa shape index (κ3) is 5.04. The molecule has 28 heavy (non-hydrogen) atoms. The number of amides is 1. The largest absolute Gasteiger partial charge is 0.444 e. The standard InChI is InChI=1S/C20H36N4O3.HI/c1-19(2,3)27-18(25)24-10-7-8-13(12-24)22-17(21-6)23-15-14-9-11-26-16(14)20(15,4)5;/h13-16H,7-12H2,1-6H3,(H2,21,22,23);1H. The predicted molar refractivity (Wildman–Crippen MR) is 121 cm³/mol. The summed E-state index contributed by atoms with van der Waals surface area (Å²) in [5, 5.41) is 7.14. The van der Waals surface area contributed by atoms with Crippen LogP contribution in [0.2, 0.25) is 0 Å². The summed E-state index contributed by atoms with van der Waals surface area (Å²) in [5.74, 6) is 1.37. The summed E-state index contributed by atoms with van der Waals surface area (Å²) in [5.41, 5.74) is -0.362. The summed E-state index contributed by atoms with van der Waals surface area (Å²) in [6, 6.07) is 0.540. The summed E-state index contributed by atoms with van der Waals surface area (Å²) in [4.78, 5) is 18.6. The van der Waals surface area contributed by atoms with Gasteiger partial charge in [0.05, 0.1) is 6.10 Å². The van der Waals surface area contributed by atoms with E-state index in [1.54, 1.807) is 11.9 Å². The van der Waals surface area contributed by atoms with Gasteiger partial charge in [0.25, 0.3) is 0 Å². The molecule has 2 N–H and O–H groups in total. The van der Waals surface area contributed by atoms with Crippen LogP contribution in [0.5, 0.6) is 0 Å². The zero-order chi connectivity index (χ0) is 19.8. The monoisotopic (exact) mass is 508 g/mol. The highest BCUT2D eigenvalue weighted by atomic mass is 127. The van der Waals surface area contributed by atoms with Crippen molar-refractivity contribution < 1.29 is 14.3 Å². The minimum absolute atomic E-state index is 0. The van der Waals surface area contributed by atoms with Gasteiger partial charge in [0, 0.05) is 50.2 Å². The molecule has 0 radical (unpaired) electrons. The van der Waals surface area contributed by atoms with Crippen LogP contribution in [0.15, 0.2) is 4.99 Å². The molecule has 0 aromatic rings. The molecule has 7 nitrogen and oxygen atoms in total. The van der Waals surface area contributed by atoms with Gasteiger partial charge >= 0.3 is 6.09 Å². The van der Waals surface area contributed by atoms with Crippen molar-refractivity contribution in [3.8, 4) is 0 Å². The molecule has 8 heteroatoms. The summed E-state index contributed by atoms with van der Waals surface area (Å²) in [6.45, 7) is 12.5. The zero-order valence-electron chi connectivity index (χ0n) is 18.1. The molecule has 0 aromatic heterocycles. The van der Waals surface area contributed by atoms with Crippen LogP contribution >= 0.6 is 24.0 Å². The van der Waals surface area contributed by atoms with E-state index in [2.05, 4.69) is 29.5 Å². The smallest absolute Gasteiger partial charge is 0.410 e. The first-order chi connectivity index (χ1) is 12.6. The molecule has 1 saturated carbocycles. The number of guanidine groups is 1. The number of fused-ring (bicyclic) bond motifs is 1. The fourth-order valence-corrected chi connectivity index (χ4v) is 4.72. The number of carbonyl (C=O) groups is 1. The van der Waals surface area contributed by atoms with Crippen LogP contribution in [0, 0.1) is 11.3 Å². The SMILES string of the molecule is CN=C(NC1CCCN(C(=O)OC(C)(C)C)C1)NC1C2CCOC2C1(C)C.I. The lowest BCUT2D eigenvalue weighted by Crippen LogP contribution is -2.68. The maximum Gasteiger partial charge on any atom is 0.410 e. The third-order valence-electron chi connectivity index (χ3n) is 6.03. The van der Waals surface area contributed by atoms with E-state index < -0.39 is 5.60 Å². The number of carbonyl (C=O) groups excluding carboxylic acids is 1. The molecule has 4 atom stereocenters. The number of piperidine rings is 1. The fraction of sp³-hybridized carbons (Fsp3) is 0.900. The maximum absolute atomic E-state index is 12.4. The normalized spacial score (nSPS) is 31.9. The third-order valence-corrected chi connectivity index (χ3v) is 6.03. The number of aliphatic imine (C=N–C) groups is 1. The molecular weight excluding hydrogens is 471 g/mol. The first kappa shape index (κ1) is 23.5. The van der Waals surface area contributed by atoms with Crippen molar-refractivity contribution in [2.24, 2.45) is 16.3 Å². The Balaban J connectivity index is 0.00000280. The maximum atomic E-state index is 12.4. The molecule has 2 heterocycles. The van der Waals surface area contributed by atoms with E-state index in [9.17, 15) is 4.79 Å². The van der Waals surface area contributed by atoms with Crippen molar-refractivity contribution in [1.82, 2.24) is 15.5 Å². The molecule has 3 fully saturated rings. The molecule has 1 amide bonds. The van der Waals surface area contributed by atoms with E-state index in [-0.39, 0.29) is 41.5 Å². The highest BCUT2D eigenvalue weighted by Gasteiger charge is 2.59. The van der Waals surface area contributed by atoms with Gasteiger partial charge in [0.15, 0.2) is 5.96 Å². The number of nitrogens with one attached hydrogen (secondary N) is 2. The molecule has 2 saturated heterocycles. The van der Waals surface area contributed by atoms with E-state index in [4.69, 9.17) is 9.47 Å². The molecule has 4 unspecified atom stereocenters. The van der Waals surface area contributed by atoms with Crippen molar-refractivity contribution in [2.75, 3.05) is 26.7 Å². The van der Waals surface area contributed by atoms with Gasteiger partial charge < -0.3 is 25.0 Å². The summed E-state index contributed by atoms with van der Waals surface area (Å²) < 4.78 is 11.4. The van der Waals surface area contributed by atoms with Gasteiger partial charge in [-0.25, -0.2) is 4.79 Å². The van der Waals surface area contributed by atoms with Crippen LogP contribution in [0.3, 0.4) is 0 Å². The van der Waals surface area contributed by atoms with Crippen molar-refractivity contribution in [3.05, 3.63) is 0 Å². The number of nitrogens with zero attached hydrogens (tertiary/aromatic N) is 2. The second-order valence-electron chi connectivity index (χ2n) is 9.67. The fourth-order valence-electron chi connectivity index (χ4n) is 4.72. The highest BCUT2D eigenvalue weighted by Crippen LogP contribution is 2.52. The van der Waals surface area contributed by atoms with Crippen LogP contribution in [0.4, 0.5) is 4.79 Å². The second kappa shape index (κ2) is 8.93. The van der Waals surface area contributed by atoms with E-state index >= 15 is 0 Å². The van der Waals surface area contributed by atoms with E-state index in [1.165, 1.54) is 0 Å². The average molecular weight is 508 g/mol. The molecular formula is C20H37IN4O3. The zero-order valence-corrected chi connectivity index (χ0v) is 20.4. The molecule has 0 spiro atoms. The number of ether oxygens (including phenoxy) is 2.